The van der Waals surface area contributed by atoms with Crippen LogP contribution in [0, 0.1) is 0 Å². The van der Waals surface area contributed by atoms with E-state index in [4.69, 9.17) is 0 Å². The van der Waals surface area contributed by atoms with E-state index in [1.807, 2.05) is 0 Å². The predicted molar refractivity (Wildman–Crippen MR) is 290 cm³/mol. The van der Waals surface area contributed by atoms with Gasteiger partial charge in [0.1, 0.15) is 0 Å². The van der Waals surface area contributed by atoms with Crippen molar-refractivity contribution in [1.29, 1.82) is 0 Å². The van der Waals surface area contributed by atoms with Crippen molar-refractivity contribution in [3.63, 3.8) is 0 Å². The minimum absolute atomic E-state index is 1.17. The van der Waals surface area contributed by atoms with Crippen molar-refractivity contribution < 1.29 is 0 Å². The van der Waals surface area contributed by atoms with E-state index in [1.165, 1.54) is 142 Å². The molecular formula is C66H40N2. The monoisotopic (exact) mass is 860 g/mol. The first-order chi connectivity index (χ1) is 33.8. The molecule has 0 spiro atoms. The average Bonchev–Trinajstić information content (AvgIpc) is 3.92. The Balaban J connectivity index is 0.982. The Labute approximate surface area is 392 Å². The maximum atomic E-state index is 2.47. The van der Waals surface area contributed by atoms with Gasteiger partial charge in [0, 0.05) is 32.7 Å². The summed E-state index contributed by atoms with van der Waals surface area (Å²) in [7, 11) is 0. The number of hydrogen-bond donors (Lipinski definition) is 0. The minimum atomic E-state index is 1.17. The Hall–Kier alpha value is -8.98. The van der Waals surface area contributed by atoms with Gasteiger partial charge in [-0.3, -0.25) is 0 Å². The number of fused-ring (bicyclic) bond motifs is 8. The Morgan fingerprint density at radius 3 is 0.956 bits per heavy atom. The fourth-order valence-corrected chi connectivity index (χ4v) is 12.1. The molecule has 0 unspecified atom stereocenters. The van der Waals surface area contributed by atoms with Gasteiger partial charge in [-0.2, -0.15) is 0 Å². The van der Waals surface area contributed by atoms with E-state index < -0.39 is 0 Å². The van der Waals surface area contributed by atoms with Crippen LogP contribution in [0.2, 0.25) is 0 Å². The maximum absolute atomic E-state index is 2.47. The molecule has 314 valence electrons. The fourth-order valence-electron chi connectivity index (χ4n) is 12.1. The molecule has 13 aromatic carbocycles. The fraction of sp³-hybridized carbons (Fsp3) is 0. The lowest BCUT2D eigenvalue weighted by atomic mass is 9.82. The van der Waals surface area contributed by atoms with E-state index in [0.717, 1.165) is 0 Å². The summed E-state index contributed by atoms with van der Waals surface area (Å²) in [6.45, 7) is 0. The summed E-state index contributed by atoms with van der Waals surface area (Å²) in [6, 6.07) is 90.1. The second kappa shape index (κ2) is 14.3. The molecule has 0 N–H and O–H groups in total. The molecule has 0 atom stereocenters. The first-order valence-corrected chi connectivity index (χ1v) is 23.6. The number of hydrogen-bond acceptors (Lipinski definition) is 0. The van der Waals surface area contributed by atoms with E-state index in [9.17, 15) is 0 Å². The molecule has 0 bridgehead atoms. The van der Waals surface area contributed by atoms with Gasteiger partial charge in [0.15, 0.2) is 0 Å². The van der Waals surface area contributed by atoms with Crippen LogP contribution in [0.4, 0.5) is 0 Å². The second-order valence-electron chi connectivity index (χ2n) is 18.3. The Bertz CT molecular complexity index is 4400. The molecule has 0 aliphatic heterocycles. The van der Waals surface area contributed by atoms with Crippen LogP contribution in [0.1, 0.15) is 0 Å². The van der Waals surface area contributed by atoms with Gasteiger partial charge in [-0.1, -0.05) is 206 Å². The molecule has 0 radical (unpaired) electrons. The van der Waals surface area contributed by atoms with Crippen molar-refractivity contribution in [3.05, 3.63) is 243 Å². The zero-order valence-electron chi connectivity index (χ0n) is 37.0. The SMILES string of the molecule is c1ccc(-n2c3ccccc3c3ccccc32)c(-c2c3ccccc3c(-c3ccc4ccc5c(-c6ccccc6-n6c7ccccc7c7ccccc76)ccc6ccc3c4c65)c3ccccc23)c1. The molecule has 15 aromatic rings. The molecule has 0 amide bonds. The first-order valence-electron chi connectivity index (χ1n) is 23.6. The summed E-state index contributed by atoms with van der Waals surface area (Å²) >= 11 is 0. The van der Waals surface area contributed by atoms with E-state index in [-0.39, 0.29) is 0 Å². The molecule has 2 heteroatoms. The van der Waals surface area contributed by atoms with Crippen LogP contribution in [0.15, 0.2) is 243 Å². The van der Waals surface area contributed by atoms with Gasteiger partial charge in [-0.25, -0.2) is 0 Å². The highest BCUT2D eigenvalue weighted by Crippen LogP contribution is 2.50. The van der Waals surface area contributed by atoms with Crippen molar-refractivity contribution in [2.75, 3.05) is 0 Å². The lowest BCUT2D eigenvalue weighted by Crippen LogP contribution is -1.99. The summed E-state index contributed by atoms with van der Waals surface area (Å²) in [4.78, 5) is 0. The van der Waals surface area contributed by atoms with Gasteiger partial charge in [0.2, 0.25) is 0 Å². The topological polar surface area (TPSA) is 9.86 Å². The normalized spacial score (nSPS) is 12.1. The standard InChI is InChI=1S/C66H40N2/c1-3-24-51-49(22-1)65(50-23-2-4-25-52(50)66(51)56-26-10-16-32-62(56)68-60-30-14-8-20-47(60)48-21-9-15-31-61(48)68)55-40-36-42-34-38-53-43(37-33-41-35-39-54(55)64(42)63(41)53)44-17-5-11-27-57(44)67-58-28-12-6-18-45(58)46-19-7-13-29-59(46)67/h1-40H. The number of rotatable bonds is 5. The molecule has 2 heterocycles. The molecule has 2 nitrogen and oxygen atoms in total. The van der Waals surface area contributed by atoms with Crippen molar-refractivity contribution >= 4 is 97.5 Å². The smallest absolute Gasteiger partial charge is 0.0541 e. The van der Waals surface area contributed by atoms with Crippen LogP contribution in [0.5, 0.6) is 0 Å². The highest BCUT2D eigenvalue weighted by Gasteiger charge is 2.24. The van der Waals surface area contributed by atoms with Crippen molar-refractivity contribution in [1.82, 2.24) is 9.13 Å². The molecule has 0 saturated heterocycles. The maximum Gasteiger partial charge on any atom is 0.0541 e. The minimum Gasteiger partial charge on any atom is -0.309 e. The molecule has 0 fully saturated rings. The van der Waals surface area contributed by atoms with Gasteiger partial charge in [-0.05, 0) is 113 Å². The molecule has 68 heavy (non-hydrogen) atoms. The lowest BCUT2D eigenvalue weighted by Gasteiger charge is -2.22. The van der Waals surface area contributed by atoms with Gasteiger partial charge in [-0.15, -0.1) is 0 Å². The Morgan fingerprint density at radius 2 is 0.500 bits per heavy atom. The zero-order chi connectivity index (χ0) is 44.5. The average molecular weight is 861 g/mol. The van der Waals surface area contributed by atoms with Crippen LogP contribution in [-0.2, 0) is 0 Å². The highest BCUT2D eigenvalue weighted by atomic mass is 15.0. The van der Waals surface area contributed by atoms with Crippen LogP contribution in [-0.4, -0.2) is 9.13 Å². The van der Waals surface area contributed by atoms with Crippen molar-refractivity contribution in [2.45, 2.75) is 0 Å². The van der Waals surface area contributed by atoms with E-state index in [2.05, 4.69) is 252 Å². The van der Waals surface area contributed by atoms with E-state index in [1.54, 1.807) is 0 Å². The summed E-state index contributed by atoms with van der Waals surface area (Å²) in [5, 5.41) is 17.7. The summed E-state index contributed by atoms with van der Waals surface area (Å²) in [6.07, 6.45) is 0. The molecule has 2 aromatic heterocycles. The van der Waals surface area contributed by atoms with Gasteiger partial charge < -0.3 is 9.13 Å². The first kappa shape index (κ1) is 37.3. The Kier molecular flexibility index (Phi) is 7.81. The number of aromatic nitrogens is 2. The van der Waals surface area contributed by atoms with Gasteiger partial charge in [0.25, 0.3) is 0 Å². The van der Waals surface area contributed by atoms with Crippen molar-refractivity contribution in [3.8, 4) is 44.8 Å². The molecule has 0 saturated carbocycles. The van der Waals surface area contributed by atoms with Crippen LogP contribution < -0.4 is 0 Å². The lowest BCUT2D eigenvalue weighted by molar-refractivity contribution is 1.18. The summed E-state index contributed by atoms with van der Waals surface area (Å²) in [5.74, 6) is 0. The summed E-state index contributed by atoms with van der Waals surface area (Å²) < 4.78 is 4.92. The van der Waals surface area contributed by atoms with Gasteiger partial charge in [0.05, 0.1) is 33.4 Å². The highest BCUT2D eigenvalue weighted by molar-refractivity contribution is 6.31. The zero-order valence-corrected chi connectivity index (χ0v) is 37.0. The number of para-hydroxylation sites is 6. The van der Waals surface area contributed by atoms with Crippen LogP contribution in [0.3, 0.4) is 0 Å². The quantitative estimate of drug-likeness (QED) is 0.121. The largest absolute Gasteiger partial charge is 0.309 e. The molecule has 15 rings (SSSR count). The third kappa shape index (κ3) is 5.12. The number of benzene rings is 13. The summed E-state index contributed by atoms with van der Waals surface area (Å²) in [5.41, 5.74) is 14.6. The van der Waals surface area contributed by atoms with E-state index in [0.29, 0.717) is 0 Å². The second-order valence-corrected chi connectivity index (χ2v) is 18.3. The molecule has 0 aliphatic rings. The predicted octanol–water partition coefficient (Wildman–Crippen LogP) is 18.1. The van der Waals surface area contributed by atoms with Crippen LogP contribution >= 0.6 is 0 Å². The molecular weight excluding hydrogens is 821 g/mol. The Morgan fingerprint density at radius 1 is 0.191 bits per heavy atom. The van der Waals surface area contributed by atoms with E-state index >= 15 is 0 Å². The van der Waals surface area contributed by atoms with Crippen LogP contribution in [0.25, 0.3) is 142 Å². The third-order valence-electron chi connectivity index (χ3n) is 14.9. The van der Waals surface area contributed by atoms with Crippen molar-refractivity contribution in [2.24, 2.45) is 0 Å². The number of nitrogens with zero attached hydrogens (tertiary/aromatic N) is 2. The third-order valence-corrected chi connectivity index (χ3v) is 14.9. The molecule has 0 aliphatic carbocycles. The van der Waals surface area contributed by atoms with Gasteiger partial charge >= 0.3 is 0 Å².